The van der Waals surface area contributed by atoms with E-state index in [9.17, 15) is 13.2 Å². The number of allylic oxidation sites excluding steroid dienone is 1. The van der Waals surface area contributed by atoms with Gasteiger partial charge in [-0.2, -0.15) is 0 Å². The van der Waals surface area contributed by atoms with E-state index in [2.05, 4.69) is 11.4 Å². The van der Waals surface area contributed by atoms with E-state index in [1.165, 1.54) is 29.8 Å². The van der Waals surface area contributed by atoms with Crippen LogP contribution >= 0.6 is 0 Å². The van der Waals surface area contributed by atoms with Crippen LogP contribution in [0.2, 0.25) is 0 Å². The van der Waals surface area contributed by atoms with E-state index in [-0.39, 0.29) is 10.8 Å². The first-order valence-electron chi connectivity index (χ1n) is 10.0. The topological polar surface area (TPSA) is 66.5 Å². The molecule has 3 rings (SSSR count). The van der Waals surface area contributed by atoms with Crippen molar-refractivity contribution < 1.29 is 13.2 Å². The summed E-state index contributed by atoms with van der Waals surface area (Å²) in [4.78, 5) is 12.8. The molecule has 6 heteroatoms. The molecule has 0 bridgehead atoms. The van der Waals surface area contributed by atoms with Gasteiger partial charge in [0.25, 0.3) is 15.9 Å². The van der Waals surface area contributed by atoms with Gasteiger partial charge < -0.3 is 5.32 Å². The maximum atomic E-state index is 12.9. The Kier molecular flexibility index (Phi) is 6.75. The summed E-state index contributed by atoms with van der Waals surface area (Å²) >= 11 is 0. The second-order valence-corrected chi connectivity index (χ2v) is 9.37. The molecule has 0 unspecified atom stereocenters. The molecule has 5 nitrogen and oxygen atoms in total. The molecule has 0 fully saturated rings. The Labute approximate surface area is 173 Å². The number of anilines is 1. The Morgan fingerprint density at radius 3 is 2.55 bits per heavy atom. The number of rotatable bonds is 7. The number of aryl methyl sites for hydroxylation is 1. The molecule has 2 aromatic carbocycles. The first kappa shape index (κ1) is 21.1. The van der Waals surface area contributed by atoms with Gasteiger partial charge in [-0.15, -0.1) is 0 Å². The van der Waals surface area contributed by atoms with Gasteiger partial charge in [-0.3, -0.25) is 9.10 Å². The van der Waals surface area contributed by atoms with E-state index >= 15 is 0 Å². The zero-order chi connectivity index (χ0) is 20.9. The minimum atomic E-state index is -3.69. The van der Waals surface area contributed by atoms with Crippen molar-refractivity contribution in [2.24, 2.45) is 0 Å². The summed E-state index contributed by atoms with van der Waals surface area (Å²) in [5.74, 6) is -0.187. The highest BCUT2D eigenvalue weighted by Gasteiger charge is 2.23. The highest BCUT2D eigenvalue weighted by atomic mass is 32.2. The molecule has 1 N–H and O–H groups in total. The molecule has 1 aliphatic carbocycles. The number of nitrogens with zero attached hydrogens (tertiary/aromatic N) is 1. The third-order valence-electron chi connectivity index (χ3n) is 5.33. The summed E-state index contributed by atoms with van der Waals surface area (Å²) < 4.78 is 27.1. The molecule has 0 atom stereocenters. The molecule has 2 aromatic rings. The van der Waals surface area contributed by atoms with Gasteiger partial charge >= 0.3 is 0 Å². The summed E-state index contributed by atoms with van der Waals surface area (Å²) in [5, 5.41) is 2.95. The third-order valence-corrected chi connectivity index (χ3v) is 7.11. The van der Waals surface area contributed by atoms with E-state index in [0.717, 1.165) is 24.8 Å². The molecule has 0 aliphatic heterocycles. The zero-order valence-corrected chi connectivity index (χ0v) is 17.8. The first-order chi connectivity index (χ1) is 13.9. The molecule has 1 amide bonds. The number of benzene rings is 2. The number of hydrogen-bond donors (Lipinski definition) is 1. The maximum Gasteiger partial charge on any atom is 0.264 e. The number of hydrogen-bond acceptors (Lipinski definition) is 3. The van der Waals surface area contributed by atoms with E-state index in [1.807, 2.05) is 6.92 Å². The van der Waals surface area contributed by atoms with Crippen molar-refractivity contribution in [1.82, 2.24) is 5.32 Å². The van der Waals surface area contributed by atoms with Crippen molar-refractivity contribution in [1.29, 1.82) is 0 Å². The van der Waals surface area contributed by atoms with Crippen molar-refractivity contribution in [3.05, 3.63) is 71.3 Å². The van der Waals surface area contributed by atoms with Gasteiger partial charge in [-0.1, -0.05) is 35.9 Å². The highest BCUT2D eigenvalue weighted by Crippen LogP contribution is 2.26. The van der Waals surface area contributed by atoms with Crippen LogP contribution < -0.4 is 9.62 Å². The van der Waals surface area contributed by atoms with E-state index in [1.54, 1.807) is 48.5 Å². The molecule has 0 heterocycles. The average molecular weight is 413 g/mol. The summed E-state index contributed by atoms with van der Waals surface area (Å²) in [5.41, 5.74) is 3.15. The van der Waals surface area contributed by atoms with Gasteiger partial charge in [-0.25, -0.2) is 8.42 Å². The van der Waals surface area contributed by atoms with Crippen LogP contribution in [-0.4, -0.2) is 27.9 Å². The molecular weight excluding hydrogens is 384 g/mol. The molecule has 0 saturated carbocycles. The maximum absolute atomic E-state index is 12.9. The van der Waals surface area contributed by atoms with Gasteiger partial charge in [0.15, 0.2) is 0 Å². The van der Waals surface area contributed by atoms with Crippen molar-refractivity contribution in [3.8, 4) is 0 Å². The lowest BCUT2D eigenvalue weighted by Crippen LogP contribution is -2.28. The molecular formula is C23H28N2O3S. The van der Waals surface area contributed by atoms with Crippen LogP contribution in [0.5, 0.6) is 0 Å². The van der Waals surface area contributed by atoms with Crippen molar-refractivity contribution >= 4 is 21.6 Å². The summed E-state index contributed by atoms with van der Waals surface area (Å²) in [7, 11) is -2.18. The number of amides is 1. The van der Waals surface area contributed by atoms with Crippen LogP contribution in [0.3, 0.4) is 0 Å². The molecule has 29 heavy (non-hydrogen) atoms. The third kappa shape index (κ3) is 5.07. The molecule has 0 spiro atoms. The van der Waals surface area contributed by atoms with Crippen LogP contribution in [0.4, 0.5) is 5.69 Å². The standard InChI is InChI=1S/C23H28N2O3S/c1-18-13-14-20(23(26)24-16-15-19-9-5-3-6-10-19)17-22(18)25(2)29(27,28)21-11-7-4-8-12-21/h4,7-9,11-14,17H,3,5-6,10,15-16H2,1-2H3,(H,24,26). The second kappa shape index (κ2) is 9.27. The van der Waals surface area contributed by atoms with E-state index in [0.29, 0.717) is 17.8 Å². The van der Waals surface area contributed by atoms with Gasteiger partial charge in [0, 0.05) is 19.2 Å². The van der Waals surface area contributed by atoms with Crippen molar-refractivity contribution in [2.45, 2.75) is 43.9 Å². The van der Waals surface area contributed by atoms with Crippen LogP contribution in [0.1, 0.15) is 48.0 Å². The second-order valence-electron chi connectivity index (χ2n) is 7.40. The minimum Gasteiger partial charge on any atom is -0.352 e. The number of carbonyl (C=O) groups excluding carboxylic acids is 1. The minimum absolute atomic E-state index is 0.187. The van der Waals surface area contributed by atoms with Crippen LogP contribution in [0.15, 0.2) is 65.1 Å². The van der Waals surface area contributed by atoms with E-state index < -0.39 is 10.0 Å². The summed E-state index contributed by atoms with van der Waals surface area (Å²) in [6.45, 7) is 2.43. The fourth-order valence-electron chi connectivity index (χ4n) is 3.54. The van der Waals surface area contributed by atoms with Crippen LogP contribution in [-0.2, 0) is 10.0 Å². The monoisotopic (exact) mass is 412 g/mol. The highest BCUT2D eigenvalue weighted by molar-refractivity contribution is 7.92. The normalized spacial score (nSPS) is 14.2. The fourth-order valence-corrected chi connectivity index (χ4v) is 4.81. The number of nitrogens with one attached hydrogen (secondary N) is 1. The van der Waals surface area contributed by atoms with Gasteiger partial charge in [0.2, 0.25) is 0 Å². The largest absolute Gasteiger partial charge is 0.352 e. The Morgan fingerprint density at radius 2 is 1.86 bits per heavy atom. The Bertz CT molecular complexity index is 998. The lowest BCUT2D eigenvalue weighted by Gasteiger charge is -2.22. The molecule has 0 aromatic heterocycles. The van der Waals surface area contributed by atoms with Gasteiger partial charge in [0.1, 0.15) is 0 Å². The predicted molar refractivity (Wildman–Crippen MR) is 117 cm³/mol. The Hall–Kier alpha value is -2.60. The SMILES string of the molecule is Cc1ccc(C(=O)NCCC2=CCCCC2)cc1N(C)S(=O)(=O)c1ccccc1. The Balaban J connectivity index is 1.73. The van der Waals surface area contributed by atoms with Gasteiger partial charge in [0.05, 0.1) is 10.6 Å². The van der Waals surface area contributed by atoms with Crippen LogP contribution in [0, 0.1) is 6.92 Å². The molecule has 154 valence electrons. The summed E-state index contributed by atoms with van der Waals surface area (Å²) in [6.07, 6.45) is 7.88. The first-order valence-corrected chi connectivity index (χ1v) is 11.4. The predicted octanol–water partition coefficient (Wildman–Crippen LogP) is 4.44. The zero-order valence-electron chi connectivity index (χ0n) is 17.0. The average Bonchev–Trinajstić information content (AvgIpc) is 2.75. The molecule has 0 radical (unpaired) electrons. The number of sulfonamides is 1. The molecule has 0 saturated heterocycles. The smallest absolute Gasteiger partial charge is 0.264 e. The van der Waals surface area contributed by atoms with Gasteiger partial charge in [-0.05, 0) is 68.9 Å². The van der Waals surface area contributed by atoms with Crippen molar-refractivity contribution in [3.63, 3.8) is 0 Å². The summed E-state index contributed by atoms with van der Waals surface area (Å²) in [6, 6.07) is 13.5. The fraction of sp³-hybridized carbons (Fsp3) is 0.348. The number of carbonyl (C=O) groups is 1. The lowest BCUT2D eigenvalue weighted by molar-refractivity contribution is 0.0954. The quantitative estimate of drug-likeness (QED) is 0.684. The lowest BCUT2D eigenvalue weighted by atomic mass is 9.97. The van der Waals surface area contributed by atoms with Crippen molar-refractivity contribution in [2.75, 3.05) is 17.9 Å². The van der Waals surface area contributed by atoms with Crippen LogP contribution in [0.25, 0.3) is 0 Å². The molecule has 1 aliphatic rings. The Morgan fingerprint density at radius 1 is 1.10 bits per heavy atom. The van der Waals surface area contributed by atoms with E-state index in [4.69, 9.17) is 0 Å².